The van der Waals surface area contributed by atoms with Crippen molar-refractivity contribution in [3.05, 3.63) is 29.3 Å². The average Bonchev–Trinajstić information content (AvgIpc) is 2.94. The Morgan fingerprint density at radius 3 is 2.52 bits per heavy atom. The van der Waals surface area contributed by atoms with Gasteiger partial charge in [0.15, 0.2) is 0 Å². The van der Waals surface area contributed by atoms with Crippen LogP contribution in [0.3, 0.4) is 0 Å². The number of aryl methyl sites for hydroxylation is 2. The Labute approximate surface area is 126 Å². The van der Waals surface area contributed by atoms with Crippen LogP contribution in [0.4, 0.5) is 0 Å². The van der Waals surface area contributed by atoms with Crippen molar-refractivity contribution in [1.82, 2.24) is 4.31 Å². The van der Waals surface area contributed by atoms with Crippen molar-refractivity contribution in [2.75, 3.05) is 13.1 Å². The van der Waals surface area contributed by atoms with E-state index < -0.39 is 10.0 Å². The molecule has 1 aromatic carbocycles. The van der Waals surface area contributed by atoms with Gasteiger partial charge in [-0.2, -0.15) is 4.31 Å². The molecule has 1 fully saturated rings. The van der Waals surface area contributed by atoms with Crippen molar-refractivity contribution in [1.29, 1.82) is 0 Å². The van der Waals surface area contributed by atoms with E-state index in [1.807, 2.05) is 12.1 Å². The monoisotopic (exact) mass is 309 g/mol. The number of hydrogen-bond donors (Lipinski definition) is 1. The number of fused-ring (bicyclic) bond motifs is 1. The van der Waals surface area contributed by atoms with E-state index in [0.717, 1.165) is 32.1 Å². The zero-order chi connectivity index (χ0) is 15.0. The first-order valence-electron chi connectivity index (χ1n) is 7.78. The second-order valence-corrected chi connectivity index (χ2v) is 8.20. The van der Waals surface area contributed by atoms with E-state index in [1.165, 1.54) is 11.1 Å². The number of sulfonamides is 1. The smallest absolute Gasteiger partial charge is 0.243 e. The number of hydrogen-bond acceptors (Lipinski definition) is 3. The summed E-state index contributed by atoms with van der Waals surface area (Å²) < 4.78 is 27.0. The van der Waals surface area contributed by atoms with Gasteiger partial charge in [0.05, 0.1) is 11.0 Å². The van der Waals surface area contributed by atoms with Gasteiger partial charge in [-0.25, -0.2) is 8.42 Å². The van der Waals surface area contributed by atoms with E-state index in [2.05, 4.69) is 0 Å². The number of aliphatic hydroxyl groups excluding tert-OH is 1. The topological polar surface area (TPSA) is 57.6 Å². The highest BCUT2D eigenvalue weighted by Crippen LogP contribution is 2.29. The van der Waals surface area contributed by atoms with Crippen molar-refractivity contribution in [3.63, 3.8) is 0 Å². The highest BCUT2D eigenvalue weighted by molar-refractivity contribution is 7.89. The first kappa shape index (κ1) is 15.0. The van der Waals surface area contributed by atoms with Crippen LogP contribution in [0.2, 0.25) is 0 Å². The second-order valence-electron chi connectivity index (χ2n) is 6.27. The molecule has 1 aliphatic carbocycles. The van der Waals surface area contributed by atoms with Crippen molar-refractivity contribution in [2.45, 2.75) is 50.0 Å². The molecule has 1 N–H and O–H groups in total. The molecule has 1 heterocycles. The van der Waals surface area contributed by atoms with Crippen LogP contribution in [-0.2, 0) is 22.9 Å². The number of rotatable bonds is 3. The summed E-state index contributed by atoms with van der Waals surface area (Å²) in [5.74, 6) is 0.219. The van der Waals surface area contributed by atoms with Gasteiger partial charge < -0.3 is 5.11 Å². The van der Waals surface area contributed by atoms with Crippen LogP contribution in [0.1, 0.15) is 37.3 Å². The van der Waals surface area contributed by atoms with Crippen LogP contribution >= 0.6 is 0 Å². The molecule has 4 nitrogen and oxygen atoms in total. The number of nitrogens with zero attached hydrogens (tertiary/aromatic N) is 1. The molecule has 0 radical (unpaired) electrons. The lowest BCUT2D eigenvalue weighted by atomic mass is 9.93. The molecular weight excluding hydrogens is 286 g/mol. The number of piperidine rings is 1. The van der Waals surface area contributed by atoms with Gasteiger partial charge in [-0.3, -0.25) is 0 Å². The number of aliphatic hydroxyl groups is 1. The molecule has 1 aliphatic heterocycles. The van der Waals surface area contributed by atoms with Crippen LogP contribution in [0.5, 0.6) is 0 Å². The summed E-state index contributed by atoms with van der Waals surface area (Å²) >= 11 is 0. The Kier molecular flexibility index (Phi) is 4.08. The number of benzene rings is 1. The second kappa shape index (κ2) is 5.71. The zero-order valence-electron chi connectivity index (χ0n) is 12.5. The molecule has 0 saturated carbocycles. The molecule has 1 saturated heterocycles. The molecule has 116 valence electrons. The summed E-state index contributed by atoms with van der Waals surface area (Å²) in [7, 11) is -3.38. The fourth-order valence-corrected chi connectivity index (χ4v) is 4.98. The summed E-state index contributed by atoms with van der Waals surface area (Å²) in [6, 6.07) is 5.58. The highest BCUT2D eigenvalue weighted by atomic mass is 32.2. The predicted octanol–water partition coefficient (Wildman–Crippen LogP) is 1.96. The van der Waals surface area contributed by atoms with Crippen molar-refractivity contribution < 1.29 is 13.5 Å². The van der Waals surface area contributed by atoms with Crippen LogP contribution in [0, 0.1) is 5.92 Å². The summed E-state index contributed by atoms with van der Waals surface area (Å²) in [6.45, 7) is 2.80. The maximum absolute atomic E-state index is 12.7. The summed E-state index contributed by atoms with van der Waals surface area (Å²) in [5, 5.41) is 9.62. The van der Waals surface area contributed by atoms with Crippen LogP contribution in [0.25, 0.3) is 0 Å². The van der Waals surface area contributed by atoms with Gasteiger partial charge in [-0.1, -0.05) is 6.07 Å². The minimum absolute atomic E-state index is 0.219. The first-order chi connectivity index (χ1) is 9.98. The Bertz CT molecular complexity index is 616. The fourth-order valence-electron chi connectivity index (χ4n) is 3.46. The van der Waals surface area contributed by atoms with Gasteiger partial charge in [0, 0.05) is 13.1 Å². The van der Waals surface area contributed by atoms with Crippen molar-refractivity contribution >= 4 is 10.0 Å². The lowest BCUT2D eigenvalue weighted by molar-refractivity contribution is 0.0912. The maximum Gasteiger partial charge on any atom is 0.243 e. The Hall–Kier alpha value is -0.910. The lowest BCUT2D eigenvalue weighted by Crippen LogP contribution is -2.40. The average molecular weight is 309 g/mol. The standard InChI is InChI=1S/C16H23NO3S/c1-12(18)13-7-9-17(10-8-13)21(19,20)16-6-5-14-3-2-4-15(14)11-16/h5-6,11-13,18H,2-4,7-10H2,1H3. The summed E-state index contributed by atoms with van der Waals surface area (Å²) in [4.78, 5) is 0.429. The van der Waals surface area contributed by atoms with Crippen LogP contribution < -0.4 is 0 Å². The molecule has 1 aromatic rings. The molecule has 0 aromatic heterocycles. The van der Waals surface area contributed by atoms with Gasteiger partial charge in [0.25, 0.3) is 0 Å². The molecule has 0 amide bonds. The Balaban J connectivity index is 1.78. The van der Waals surface area contributed by atoms with E-state index in [4.69, 9.17) is 0 Å². The van der Waals surface area contributed by atoms with E-state index in [1.54, 1.807) is 17.3 Å². The SMILES string of the molecule is CC(O)C1CCN(S(=O)(=O)c2ccc3c(c2)CCC3)CC1. The van der Waals surface area contributed by atoms with Gasteiger partial charge >= 0.3 is 0 Å². The normalized spacial score (nSPS) is 22.2. The molecular formula is C16H23NO3S. The Morgan fingerprint density at radius 1 is 1.19 bits per heavy atom. The largest absolute Gasteiger partial charge is 0.393 e. The van der Waals surface area contributed by atoms with Gasteiger partial charge in [0.2, 0.25) is 10.0 Å². The van der Waals surface area contributed by atoms with Crippen molar-refractivity contribution in [3.8, 4) is 0 Å². The first-order valence-corrected chi connectivity index (χ1v) is 9.22. The molecule has 1 atom stereocenters. The molecule has 5 heteroatoms. The molecule has 2 aliphatic rings. The molecule has 3 rings (SSSR count). The molecule has 0 bridgehead atoms. The zero-order valence-corrected chi connectivity index (χ0v) is 13.3. The molecule has 0 spiro atoms. The quantitative estimate of drug-likeness (QED) is 0.928. The minimum atomic E-state index is -3.38. The third kappa shape index (κ3) is 2.87. The van der Waals surface area contributed by atoms with Crippen molar-refractivity contribution in [2.24, 2.45) is 5.92 Å². The third-order valence-corrected chi connectivity index (χ3v) is 6.78. The van der Waals surface area contributed by atoms with Gasteiger partial charge in [0.1, 0.15) is 0 Å². The molecule has 21 heavy (non-hydrogen) atoms. The van der Waals surface area contributed by atoms with E-state index >= 15 is 0 Å². The summed E-state index contributed by atoms with van der Waals surface area (Å²) in [5.41, 5.74) is 2.48. The molecule has 1 unspecified atom stereocenters. The summed E-state index contributed by atoms with van der Waals surface area (Å²) in [6.07, 6.45) is 4.30. The highest BCUT2D eigenvalue weighted by Gasteiger charge is 2.31. The van der Waals surface area contributed by atoms with Gasteiger partial charge in [-0.15, -0.1) is 0 Å². The van der Waals surface area contributed by atoms with Crippen LogP contribution in [0.15, 0.2) is 23.1 Å². The van der Waals surface area contributed by atoms with E-state index in [-0.39, 0.29) is 12.0 Å². The fraction of sp³-hybridized carbons (Fsp3) is 0.625. The maximum atomic E-state index is 12.7. The van der Waals surface area contributed by atoms with E-state index in [0.29, 0.717) is 18.0 Å². The van der Waals surface area contributed by atoms with Crippen LogP contribution in [-0.4, -0.2) is 37.0 Å². The van der Waals surface area contributed by atoms with E-state index in [9.17, 15) is 13.5 Å². The third-order valence-electron chi connectivity index (χ3n) is 4.89. The van der Waals surface area contributed by atoms with Gasteiger partial charge in [-0.05, 0) is 68.2 Å². The Morgan fingerprint density at radius 2 is 1.86 bits per heavy atom. The minimum Gasteiger partial charge on any atom is -0.393 e. The lowest BCUT2D eigenvalue weighted by Gasteiger charge is -2.32. The predicted molar refractivity (Wildman–Crippen MR) is 81.6 cm³/mol.